The van der Waals surface area contributed by atoms with Crippen LogP contribution in [-0.2, 0) is 15.8 Å². The van der Waals surface area contributed by atoms with E-state index in [0.29, 0.717) is 6.07 Å². The van der Waals surface area contributed by atoms with Gasteiger partial charge in [0.25, 0.3) is 11.8 Å². The highest BCUT2D eigenvalue weighted by Gasteiger charge is 2.35. The molecule has 0 unspecified atom stereocenters. The van der Waals surface area contributed by atoms with E-state index in [4.69, 9.17) is 5.73 Å². The van der Waals surface area contributed by atoms with Crippen molar-refractivity contribution in [1.82, 2.24) is 5.32 Å². The number of benzene rings is 2. The molecule has 0 saturated heterocycles. The molecule has 2 aromatic carbocycles. The molecule has 0 atom stereocenters. The lowest BCUT2D eigenvalue weighted by Crippen LogP contribution is -2.24. The van der Waals surface area contributed by atoms with Gasteiger partial charge < -0.3 is 11.1 Å². The van der Waals surface area contributed by atoms with Crippen molar-refractivity contribution in [1.29, 1.82) is 0 Å². The van der Waals surface area contributed by atoms with Crippen molar-refractivity contribution >= 4 is 28.8 Å². The van der Waals surface area contributed by atoms with Crippen molar-refractivity contribution in [3.8, 4) is 0 Å². The van der Waals surface area contributed by atoms with Crippen molar-refractivity contribution in [2.75, 3.05) is 11.1 Å². The quantitative estimate of drug-likeness (QED) is 0.432. The summed E-state index contributed by atoms with van der Waals surface area (Å²) < 4.78 is 66.4. The van der Waals surface area contributed by atoms with E-state index in [1.807, 2.05) is 5.32 Å². The predicted octanol–water partition coefficient (Wildman–Crippen LogP) is 3.05. The summed E-state index contributed by atoms with van der Waals surface area (Å²) in [6.45, 7) is 0. The van der Waals surface area contributed by atoms with Crippen LogP contribution in [0.2, 0.25) is 0 Å². The number of halogens is 5. The van der Waals surface area contributed by atoms with Crippen LogP contribution in [0.3, 0.4) is 0 Å². The number of nitrogens with two attached hydrogens (primary N) is 1. The van der Waals surface area contributed by atoms with Gasteiger partial charge in [-0.15, -0.1) is 0 Å². The Hall–Kier alpha value is -3.43. The topological polar surface area (TPSA) is 84.2 Å². The van der Waals surface area contributed by atoms with Gasteiger partial charge in [-0.25, -0.2) is 8.78 Å². The Balaban J connectivity index is 2.11. The fourth-order valence-electron chi connectivity index (χ4n) is 2.55. The maximum atomic E-state index is 14.0. The molecule has 0 bridgehead atoms. The molecule has 0 aromatic heterocycles. The monoisotopic (exact) mass is 383 g/mol. The van der Waals surface area contributed by atoms with Gasteiger partial charge in [0.15, 0.2) is 11.6 Å². The van der Waals surface area contributed by atoms with Gasteiger partial charge in [0, 0.05) is 16.9 Å². The maximum Gasteiger partial charge on any atom is 0.418 e. The number of nitrogen functional groups attached to an aromatic ring is 1. The molecule has 1 heterocycles. The number of amides is 2. The predicted molar refractivity (Wildman–Crippen MR) is 85.9 cm³/mol. The Bertz CT molecular complexity index is 999. The zero-order chi connectivity index (χ0) is 19.9. The fourth-order valence-corrected chi connectivity index (χ4v) is 2.55. The summed E-state index contributed by atoms with van der Waals surface area (Å²) in [5.41, 5.74) is 1.85. The number of anilines is 2. The molecule has 0 radical (unpaired) electrons. The van der Waals surface area contributed by atoms with Crippen LogP contribution in [-0.4, -0.2) is 11.8 Å². The minimum absolute atomic E-state index is 0.217. The van der Waals surface area contributed by atoms with Gasteiger partial charge in [0.2, 0.25) is 0 Å². The van der Waals surface area contributed by atoms with Crippen molar-refractivity contribution in [2.45, 2.75) is 6.18 Å². The highest BCUT2D eigenvalue weighted by Crippen LogP contribution is 2.36. The summed E-state index contributed by atoms with van der Waals surface area (Å²) in [5.74, 6) is -4.63. The third kappa shape index (κ3) is 3.33. The molecule has 2 amide bonds. The summed E-state index contributed by atoms with van der Waals surface area (Å²) in [7, 11) is 0. The third-order valence-corrected chi connectivity index (χ3v) is 3.78. The Morgan fingerprint density at radius 3 is 2.37 bits per heavy atom. The smallest absolute Gasteiger partial charge is 0.398 e. The lowest BCUT2D eigenvalue weighted by atomic mass is 10.0. The standard InChI is InChI=1S/C17H10F5N3O2/c18-10-3-1-2-8(13(10)19)12-14(16(27)25-15(12)26)24-7-4-5-11(23)9(6-7)17(20,21)22/h1-6H,23H2,(H2,24,25,26,27). The molecule has 0 aliphatic carbocycles. The van der Waals surface area contributed by atoms with Gasteiger partial charge in [-0.2, -0.15) is 13.2 Å². The average molecular weight is 383 g/mol. The van der Waals surface area contributed by atoms with E-state index in [1.54, 1.807) is 0 Å². The Morgan fingerprint density at radius 2 is 1.70 bits per heavy atom. The Labute approximate surface area is 148 Å². The van der Waals surface area contributed by atoms with Crippen LogP contribution in [0, 0.1) is 11.6 Å². The van der Waals surface area contributed by atoms with Gasteiger partial charge in [-0.1, -0.05) is 12.1 Å². The summed E-state index contributed by atoms with van der Waals surface area (Å²) in [6.07, 6.45) is -4.75. The zero-order valence-corrected chi connectivity index (χ0v) is 13.2. The van der Waals surface area contributed by atoms with Crippen LogP contribution in [0.5, 0.6) is 0 Å². The molecule has 1 aliphatic heterocycles. The lowest BCUT2D eigenvalue weighted by molar-refractivity contribution is -0.136. The summed E-state index contributed by atoms with van der Waals surface area (Å²) in [4.78, 5) is 24.0. The molecule has 2 aromatic rings. The Morgan fingerprint density at radius 1 is 1.00 bits per heavy atom. The minimum Gasteiger partial charge on any atom is -0.398 e. The molecule has 0 fully saturated rings. The zero-order valence-electron chi connectivity index (χ0n) is 13.2. The molecule has 3 rings (SSSR count). The number of hydrogen-bond acceptors (Lipinski definition) is 4. The van der Waals surface area contributed by atoms with Crippen molar-refractivity contribution in [2.24, 2.45) is 0 Å². The first-order valence-electron chi connectivity index (χ1n) is 7.37. The highest BCUT2D eigenvalue weighted by atomic mass is 19.4. The lowest BCUT2D eigenvalue weighted by Gasteiger charge is -2.13. The second-order valence-electron chi connectivity index (χ2n) is 5.56. The molecule has 0 saturated carbocycles. The molecular formula is C17H10F5N3O2. The van der Waals surface area contributed by atoms with E-state index < -0.39 is 57.7 Å². The second-order valence-corrected chi connectivity index (χ2v) is 5.56. The molecule has 140 valence electrons. The van der Waals surface area contributed by atoms with E-state index >= 15 is 0 Å². The van der Waals surface area contributed by atoms with Crippen LogP contribution in [0.1, 0.15) is 11.1 Å². The summed E-state index contributed by atoms with van der Waals surface area (Å²) >= 11 is 0. The normalized spacial score (nSPS) is 14.6. The third-order valence-electron chi connectivity index (χ3n) is 3.78. The van der Waals surface area contributed by atoms with Crippen molar-refractivity contribution in [3.05, 3.63) is 64.9 Å². The van der Waals surface area contributed by atoms with E-state index in [9.17, 15) is 31.5 Å². The summed E-state index contributed by atoms with van der Waals surface area (Å²) in [5, 5.41) is 4.25. The van der Waals surface area contributed by atoms with Crippen LogP contribution in [0.4, 0.5) is 33.3 Å². The van der Waals surface area contributed by atoms with Gasteiger partial charge >= 0.3 is 6.18 Å². The maximum absolute atomic E-state index is 14.0. The number of hydrogen-bond donors (Lipinski definition) is 3. The van der Waals surface area contributed by atoms with Crippen LogP contribution in [0.15, 0.2) is 42.1 Å². The number of alkyl halides is 3. The number of imide groups is 1. The van der Waals surface area contributed by atoms with Gasteiger partial charge in [0.1, 0.15) is 5.70 Å². The van der Waals surface area contributed by atoms with Crippen LogP contribution < -0.4 is 16.4 Å². The average Bonchev–Trinajstić information content (AvgIpc) is 2.85. The molecule has 5 nitrogen and oxygen atoms in total. The second kappa shape index (κ2) is 6.38. The van der Waals surface area contributed by atoms with Crippen molar-refractivity contribution < 1.29 is 31.5 Å². The Kier molecular flexibility index (Phi) is 4.34. The van der Waals surface area contributed by atoms with E-state index in [2.05, 4.69) is 5.32 Å². The largest absolute Gasteiger partial charge is 0.418 e. The van der Waals surface area contributed by atoms with E-state index in [-0.39, 0.29) is 5.69 Å². The van der Waals surface area contributed by atoms with Gasteiger partial charge in [-0.3, -0.25) is 14.9 Å². The van der Waals surface area contributed by atoms with Crippen LogP contribution >= 0.6 is 0 Å². The molecule has 4 N–H and O–H groups in total. The molecule has 0 spiro atoms. The number of carbonyl (C=O) groups is 2. The first-order valence-corrected chi connectivity index (χ1v) is 7.37. The number of carbonyl (C=O) groups excluding carboxylic acids is 2. The first kappa shape index (κ1) is 18.4. The van der Waals surface area contributed by atoms with Gasteiger partial charge in [0.05, 0.1) is 11.1 Å². The minimum atomic E-state index is -4.75. The fraction of sp³-hybridized carbons (Fsp3) is 0.0588. The molecule has 10 heteroatoms. The number of rotatable bonds is 3. The van der Waals surface area contributed by atoms with Gasteiger partial charge in [-0.05, 0) is 24.3 Å². The highest BCUT2D eigenvalue weighted by molar-refractivity contribution is 6.36. The van der Waals surface area contributed by atoms with E-state index in [0.717, 1.165) is 30.3 Å². The van der Waals surface area contributed by atoms with E-state index in [1.165, 1.54) is 0 Å². The molecular weight excluding hydrogens is 373 g/mol. The van der Waals surface area contributed by atoms with Crippen LogP contribution in [0.25, 0.3) is 5.57 Å². The summed E-state index contributed by atoms with van der Waals surface area (Å²) in [6, 6.07) is 5.75. The number of nitrogens with one attached hydrogen (secondary N) is 2. The molecule has 1 aliphatic rings. The SMILES string of the molecule is Nc1ccc(NC2=C(c3cccc(F)c3F)C(=O)NC2=O)cc1C(F)(F)F. The first-order chi connectivity index (χ1) is 12.6. The van der Waals surface area contributed by atoms with Crippen molar-refractivity contribution in [3.63, 3.8) is 0 Å². The molecule has 27 heavy (non-hydrogen) atoms.